The van der Waals surface area contributed by atoms with Crippen molar-refractivity contribution in [3.8, 4) is 5.69 Å². The van der Waals surface area contributed by atoms with E-state index in [4.69, 9.17) is 17.3 Å². The van der Waals surface area contributed by atoms with Gasteiger partial charge in [-0.2, -0.15) is 0 Å². The van der Waals surface area contributed by atoms with Crippen LogP contribution in [0.25, 0.3) is 5.69 Å². The van der Waals surface area contributed by atoms with Gasteiger partial charge < -0.3 is 10.3 Å². The predicted octanol–water partition coefficient (Wildman–Crippen LogP) is 2.85. The third-order valence-corrected chi connectivity index (χ3v) is 2.81. The summed E-state index contributed by atoms with van der Waals surface area (Å²) < 4.78 is 1.93. The van der Waals surface area contributed by atoms with Gasteiger partial charge in [-0.3, -0.25) is 0 Å². The summed E-state index contributed by atoms with van der Waals surface area (Å²) in [6, 6.07) is 5.82. The number of hydrogen-bond donors (Lipinski definition) is 1. The van der Waals surface area contributed by atoms with Crippen LogP contribution in [0.2, 0.25) is 5.02 Å². The van der Waals surface area contributed by atoms with Crippen LogP contribution in [0.3, 0.4) is 0 Å². The molecule has 2 N–H and O–H groups in total. The lowest BCUT2D eigenvalue weighted by atomic mass is 10.2. The standard InChI is InChI=1S/C12H14ClN3/c1-8-3-4-10(13)11(5-8)16-7-15-6-12(16)9(2)14/h3-7,9H,14H2,1-2H3/t9-/m1/s1. The van der Waals surface area contributed by atoms with E-state index in [1.807, 2.05) is 36.6 Å². The van der Waals surface area contributed by atoms with Crippen LogP contribution in [0.15, 0.2) is 30.7 Å². The summed E-state index contributed by atoms with van der Waals surface area (Å²) in [5.41, 5.74) is 8.91. The van der Waals surface area contributed by atoms with Crippen molar-refractivity contribution in [1.29, 1.82) is 0 Å². The fourth-order valence-electron chi connectivity index (χ4n) is 1.65. The molecule has 0 amide bonds. The third-order valence-electron chi connectivity index (χ3n) is 2.49. The highest BCUT2D eigenvalue weighted by molar-refractivity contribution is 6.32. The number of aromatic nitrogens is 2. The van der Waals surface area contributed by atoms with Gasteiger partial charge in [-0.05, 0) is 31.5 Å². The first-order valence-electron chi connectivity index (χ1n) is 5.14. The monoisotopic (exact) mass is 235 g/mol. The largest absolute Gasteiger partial charge is 0.323 e. The molecule has 2 rings (SSSR count). The lowest BCUT2D eigenvalue weighted by Crippen LogP contribution is -2.10. The number of imidazole rings is 1. The molecule has 1 aromatic carbocycles. The van der Waals surface area contributed by atoms with Gasteiger partial charge in [-0.15, -0.1) is 0 Å². The zero-order valence-electron chi connectivity index (χ0n) is 9.31. The first kappa shape index (κ1) is 11.2. The van der Waals surface area contributed by atoms with E-state index in [0.29, 0.717) is 5.02 Å². The quantitative estimate of drug-likeness (QED) is 0.870. The van der Waals surface area contributed by atoms with E-state index >= 15 is 0 Å². The van der Waals surface area contributed by atoms with Gasteiger partial charge in [0.15, 0.2) is 0 Å². The minimum absolute atomic E-state index is 0.0703. The van der Waals surface area contributed by atoms with E-state index in [9.17, 15) is 0 Å². The first-order valence-corrected chi connectivity index (χ1v) is 5.51. The van der Waals surface area contributed by atoms with E-state index in [1.54, 1.807) is 12.5 Å². The zero-order chi connectivity index (χ0) is 11.7. The van der Waals surface area contributed by atoms with E-state index in [0.717, 1.165) is 16.9 Å². The highest BCUT2D eigenvalue weighted by Gasteiger charge is 2.10. The Morgan fingerprint density at radius 3 is 2.88 bits per heavy atom. The number of hydrogen-bond acceptors (Lipinski definition) is 2. The van der Waals surface area contributed by atoms with Crippen molar-refractivity contribution < 1.29 is 0 Å². The third kappa shape index (κ3) is 1.96. The fourth-order valence-corrected chi connectivity index (χ4v) is 1.86. The molecule has 16 heavy (non-hydrogen) atoms. The summed E-state index contributed by atoms with van der Waals surface area (Å²) >= 11 is 6.17. The lowest BCUT2D eigenvalue weighted by molar-refractivity contribution is 0.752. The maximum absolute atomic E-state index is 6.17. The molecule has 3 nitrogen and oxygen atoms in total. The Balaban J connectivity index is 2.58. The van der Waals surface area contributed by atoms with Crippen molar-refractivity contribution in [3.63, 3.8) is 0 Å². The van der Waals surface area contributed by atoms with Crippen LogP contribution in [-0.2, 0) is 0 Å². The molecule has 0 saturated heterocycles. The van der Waals surface area contributed by atoms with Gasteiger partial charge in [-0.25, -0.2) is 4.98 Å². The van der Waals surface area contributed by atoms with Gasteiger partial charge in [-0.1, -0.05) is 17.7 Å². The molecule has 1 heterocycles. The van der Waals surface area contributed by atoms with Crippen molar-refractivity contribution in [2.24, 2.45) is 5.73 Å². The molecule has 0 aliphatic heterocycles. The van der Waals surface area contributed by atoms with Gasteiger partial charge in [0.25, 0.3) is 0 Å². The van der Waals surface area contributed by atoms with E-state index in [2.05, 4.69) is 4.98 Å². The van der Waals surface area contributed by atoms with Crippen molar-refractivity contribution in [3.05, 3.63) is 47.0 Å². The van der Waals surface area contributed by atoms with Gasteiger partial charge in [0.1, 0.15) is 0 Å². The van der Waals surface area contributed by atoms with Gasteiger partial charge >= 0.3 is 0 Å². The van der Waals surface area contributed by atoms with Gasteiger partial charge in [0, 0.05) is 6.04 Å². The second-order valence-electron chi connectivity index (χ2n) is 3.93. The smallest absolute Gasteiger partial charge is 0.0995 e. The summed E-state index contributed by atoms with van der Waals surface area (Å²) in [5.74, 6) is 0. The van der Waals surface area contributed by atoms with Crippen molar-refractivity contribution in [2.75, 3.05) is 0 Å². The molecule has 0 spiro atoms. The summed E-state index contributed by atoms with van der Waals surface area (Å²) in [6.45, 7) is 3.96. The van der Waals surface area contributed by atoms with Crippen LogP contribution < -0.4 is 5.73 Å². The van der Waals surface area contributed by atoms with Crippen LogP contribution in [0.5, 0.6) is 0 Å². The second-order valence-corrected chi connectivity index (χ2v) is 4.34. The van der Waals surface area contributed by atoms with Crippen LogP contribution in [-0.4, -0.2) is 9.55 Å². The Bertz CT molecular complexity index is 503. The minimum atomic E-state index is -0.0703. The van der Waals surface area contributed by atoms with Crippen LogP contribution in [0.4, 0.5) is 0 Å². The molecule has 0 aliphatic carbocycles. The van der Waals surface area contributed by atoms with E-state index in [1.165, 1.54) is 0 Å². The van der Waals surface area contributed by atoms with E-state index in [-0.39, 0.29) is 6.04 Å². The molecule has 0 bridgehead atoms. The summed E-state index contributed by atoms with van der Waals surface area (Å²) in [6.07, 6.45) is 3.50. The zero-order valence-corrected chi connectivity index (χ0v) is 10.1. The van der Waals surface area contributed by atoms with Crippen molar-refractivity contribution in [2.45, 2.75) is 19.9 Å². The molecule has 0 radical (unpaired) electrons. The Kier molecular flexibility index (Phi) is 2.99. The maximum atomic E-state index is 6.17. The number of aryl methyl sites for hydroxylation is 1. The number of benzene rings is 1. The number of rotatable bonds is 2. The van der Waals surface area contributed by atoms with Crippen molar-refractivity contribution in [1.82, 2.24) is 9.55 Å². The van der Waals surface area contributed by atoms with Crippen LogP contribution >= 0.6 is 11.6 Å². The van der Waals surface area contributed by atoms with Crippen molar-refractivity contribution >= 4 is 11.6 Å². The summed E-state index contributed by atoms with van der Waals surface area (Å²) in [4.78, 5) is 4.11. The molecule has 0 unspecified atom stereocenters. The number of nitrogens with zero attached hydrogens (tertiary/aromatic N) is 2. The highest BCUT2D eigenvalue weighted by atomic mass is 35.5. The molecule has 2 aromatic rings. The molecular formula is C12H14ClN3. The van der Waals surface area contributed by atoms with Gasteiger partial charge in [0.05, 0.1) is 28.9 Å². The Labute approximate surface area is 99.9 Å². The van der Waals surface area contributed by atoms with Crippen LogP contribution in [0, 0.1) is 6.92 Å². The molecule has 0 fully saturated rings. The Morgan fingerprint density at radius 1 is 1.44 bits per heavy atom. The minimum Gasteiger partial charge on any atom is -0.323 e. The number of halogens is 1. The average Bonchev–Trinajstić information content (AvgIpc) is 2.70. The molecular weight excluding hydrogens is 222 g/mol. The normalized spacial score (nSPS) is 12.8. The summed E-state index contributed by atoms with van der Waals surface area (Å²) in [7, 11) is 0. The maximum Gasteiger partial charge on any atom is 0.0995 e. The predicted molar refractivity (Wildman–Crippen MR) is 65.9 cm³/mol. The fraction of sp³-hybridized carbons (Fsp3) is 0.250. The molecule has 84 valence electrons. The SMILES string of the molecule is Cc1ccc(Cl)c(-n2cncc2[C@@H](C)N)c1. The average molecular weight is 236 g/mol. The Hall–Kier alpha value is -1.32. The molecule has 4 heteroatoms. The topological polar surface area (TPSA) is 43.8 Å². The summed E-state index contributed by atoms with van der Waals surface area (Å²) in [5, 5.41) is 0.700. The van der Waals surface area contributed by atoms with E-state index < -0.39 is 0 Å². The molecule has 1 atom stereocenters. The number of nitrogens with two attached hydrogens (primary N) is 1. The van der Waals surface area contributed by atoms with Gasteiger partial charge in [0.2, 0.25) is 0 Å². The molecule has 1 aromatic heterocycles. The first-order chi connectivity index (χ1) is 7.59. The van der Waals surface area contributed by atoms with Crippen LogP contribution in [0.1, 0.15) is 24.2 Å². The lowest BCUT2D eigenvalue weighted by Gasteiger charge is -2.12. The molecule has 0 saturated carbocycles. The second kappa shape index (κ2) is 4.28. The Morgan fingerprint density at radius 2 is 2.19 bits per heavy atom. The highest BCUT2D eigenvalue weighted by Crippen LogP contribution is 2.24. The molecule has 0 aliphatic rings.